The number of carbonyl (C=O) groups excluding carboxylic acids is 1. The van der Waals surface area contributed by atoms with Crippen LogP contribution in [0.25, 0.3) is 21.5 Å². The van der Waals surface area contributed by atoms with Crippen molar-refractivity contribution < 1.29 is 4.79 Å². The van der Waals surface area contributed by atoms with Crippen molar-refractivity contribution in [3.8, 4) is 0 Å². The molecule has 0 aliphatic heterocycles. The van der Waals surface area contributed by atoms with E-state index < -0.39 is 0 Å². The molecule has 140 valence electrons. The van der Waals surface area contributed by atoms with Crippen LogP contribution >= 0.6 is 0 Å². The standard InChI is InChI=1S/C25H24N2O/c1-27(2)24(22-15-7-11-18-9-3-5-13-20(18)22)17-26-25(28)23-16-8-12-19-10-4-6-14-21(19)23/h3-16,24H,17H2,1-2H3,(H,26,28)/t24-/m0/s1. The van der Waals surface area contributed by atoms with Crippen molar-refractivity contribution in [2.24, 2.45) is 0 Å². The summed E-state index contributed by atoms with van der Waals surface area (Å²) in [5.41, 5.74) is 1.94. The molecule has 3 heteroatoms. The zero-order valence-corrected chi connectivity index (χ0v) is 16.2. The molecule has 0 bridgehead atoms. The summed E-state index contributed by atoms with van der Waals surface area (Å²) in [7, 11) is 4.10. The summed E-state index contributed by atoms with van der Waals surface area (Å²) in [6.45, 7) is 0.545. The molecule has 4 aromatic rings. The average Bonchev–Trinajstić information content (AvgIpc) is 2.73. The molecule has 0 spiro atoms. The predicted octanol–water partition coefficient (Wildman–Crippen LogP) is 5.03. The molecule has 4 aromatic carbocycles. The van der Waals surface area contributed by atoms with Crippen LogP contribution in [0.15, 0.2) is 84.9 Å². The van der Waals surface area contributed by atoms with Gasteiger partial charge in [-0.15, -0.1) is 0 Å². The lowest BCUT2D eigenvalue weighted by Gasteiger charge is -2.26. The normalized spacial score (nSPS) is 12.4. The van der Waals surface area contributed by atoms with E-state index in [4.69, 9.17) is 0 Å². The second-order valence-electron chi connectivity index (χ2n) is 7.28. The Bertz CT molecular complexity index is 1120. The Labute approximate surface area is 165 Å². The van der Waals surface area contributed by atoms with Gasteiger partial charge in [-0.2, -0.15) is 0 Å². The highest BCUT2D eigenvalue weighted by molar-refractivity contribution is 6.07. The summed E-state index contributed by atoms with van der Waals surface area (Å²) >= 11 is 0. The number of nitrogens with zero attached hydrogens (tertiary/aromatic N) is 1. The summed E-state index contributed by atoms with van der Waals surface area (Å²) in [5, 5.41) is 7.65. The van der Waals surface area contributed by atoms with E-state index in [1.165, 1.54) is 16.3 Å². The van der Waals surface area contributed by atoms with Gasteiger partial charge in [-0.05, 0) is 47.3 Å². The lowest BCUT2D eigenvalue weighted by Crippen LogP contribution is -2.34. The third kappa shape index (κ3) is 3.49. The van der Waals surface area contributed by atoms with Crippen molar-refractivity contribution in [2.45, 2.75) is 6.04 Å². The van der Waals surface area contributed by atoms with Crippen LogP contribution in [-0.2, 0) is 0 Å². The molecule has 0 aliphatic carbocycles. The molecule has 0 saturated heterocycles. The minimum absolute atomic E-state index is 0.0381. The maximum Gasteiger partial charge on any atom is 0.251 e. The van der Waals surface area contributed by atoms with Crippen LogP contribution in [0.3, 0.4) is 0 Å². The first-order valence-corrected chi connectivity index (χ1v) is 9.55. The second kappa shape index (κ2) is 7.83. The smallest absolute Gasteiger partial charge is 0.251 e. The highest BCUT2D eigenvalue weighted by atomic mass is 16.1. The number of likely N-dealkylation sites (N-methyl/N-ethyl adjacent to an activating group) is 1. The molecule has 0 aliphatic rings. The molecule has 4 rings (SSSR count). The molecular weight excluding hydrogens is 344 g/mol. The van der Waals surface area contributed by atoms with Gasteiger partial charge in [0.15, 0.2) is 0 Å². The number of carbonyl (C=O) groups is 1. The van der Waals surface area contributed by atoms with Crippen molar-refractivity contribution >= 4 is 27.5 Å². The first-order valence-electron chi connectivity index (χ1n) is 9.55. The van der Waals surface area contributed by atoms with Crippen molar-refractivity contribution in [3.05, 3.63) is 96.1 Å². The zero-order chi connectivity index (χ0) is 19.5. The highest BCUT2D eigenvalue weighted by Gasteiger charge is 2.18. The minimum Gasteiger partial charge on any atom is -0.350 e. The zero-order valence-electron chi connectivity index (χ0n) is 16.2. The summed E-state index contributed by atoms with van der Waals surface area (Å²) in [5.74, 6) is -0.0381. The van der Waals surface area contributed by atoms with Gasteiger partial charge in [0.05, 0.1) is 6.04 Å². The summed E-state index contributed by atoms with van der Waals surface area (Å²) < 4.78 is 0. The Morgan fingerprint density at radius 2 is 1.36 bits per heavy atom. The van der Waals surface area contributed by atoms with Crippen molar-refractivity contribution in [1.82, 2.24) is 10.2 Å². The molecule has 0 heterocycles. The maximum atomic E-state index is 13.0. The molecule has 0 unspecified atom stereocenters. The van der Waals surface area contributed by atoms with Crippen molar-refractivity contribution in [3.63, 3.8) is 0 Å². The van der Waals surface area contributed by atoms with Gasteiger partial charge in [-0.3, -0.25) is 4.79 Å². The van der Waals surface area contributed by atoms with Crippen LogP contribution in [0, 0.1) is 0 Å². The van der Waals surface area contributed by atoms with Crippen LogP contribution in [0.4, 0.5) is 0 Å². The molecule has 3 nitrogen and oxygen atoms in total. The van der Waals surface area contributed by atoms with E-state index in [2.05, 4.69) is 66.8 Å². The summed E-state index contributed by atoms with van der Waals surface area (Å²) in [6.07, 6.45) is 0. The topological polar surface area (TPSA) is 32.3 Å². The molecule has 1 atom stereocenters. The van der Waals surface area contributed by atoms with Gasteiger partial charge >= 0.3 is 0 Å². The molecule has 28 heavy (non-hydrogen) atoms. The number of hydrogen-bond acceptors (Lipinski definition) is 2. The number of amides is 1. The molecule has 0 fully saturated rings. The SMILES string of the molecule is CN(C)[C@@H](CNC(=O)c1cccc2ccccc12)c1cccc2ccccc12. The number of hydrogen-bond donors (Lipinski definition) is 1. The van der Waals surface area contributed by atoms with Gasteiger partial charge in [-0.25, -0.2) is 0 Å². The number of fused-ring (bicyclic) bond motifs is 2. The van der Waals surface area contributed by atoms with Crippen LogP contribution < -0.4 is 5.32 Å². The van der Waals surface area contributed by atoms with Crippen molar-refractivity contribution in [1.29, 1.82) is 0 Å². The monoisotopic (exact) mass is 368 g/mol. The third-order valence-corrected chi connectivity index (χ3v) is 5.30. The van der Waals surface area contributed by atoms with Gasteiger partial charge in [-0.1, -0.05) is 78.9 Å². The summed E-state index contributed by atoms with van der Waals surface area (Å²) in [6, 6.07) is 28.7. The second-order valence-corrected chi connectivity index (χ2v) is 7.28. The van der Waals surface area contributed by atoms with Crippen LogP contribution in [-0.4, -0.2) is 31.4 Å². The largest absolute Gasteiger partial charge is 0.350 e. The Morgan fingerprint density at radius 1 is 0.786 bits per heavy atom. The maximum absolute atomic E-state index is 13.0. The summed E-state index contributed by atoms with van der Waals surface area (Å²) in [4.78, 5) is 15.1. The first-order chi connectivity index (χ1) is 13.6. The molecule has 1 amide bonds. The average molecular weight is 368 g/mol. The quantitative estimate of drug-likeness (QED) is 0.536. The Balaban J connectivity index is 1.62. The van der Waals surface area contributed by atoms with Crippen molar-refractivity contribution in [2.75, 3.05) is 20.6 Å². The van der Waals surface area contributed by atoms with Gasteiger partial charge in [0.25, 0.3) is 5.91 Å². The fraction of sp³-hybridized carbons (Fsp3) is 0.160. The fourth-order valence-corrected chi connectivity index (χ4v) is 3.82. The lowest BCUT2D eigenvalue weighted by atomic mass is 9.97. The molecule has 1 N–H and O–H groups in total. The number of nitrogens with one attached hydrogen (secondary N) is 1. The molecular formula is C25H24N2O. The Morgan fingerprint density at radius 3 is 2.07 bits per heavy atom. The molecule has 0 radical (unpaired) electrons. The minimum atomic E-state index is -0.0381. The Kier molecular flexibility index (Phi) is 5.09. The fourth-order valence-electron chi connectivity index (χ4n) is 3.82. The van der Waals surface area contributed by atoms with Gasteiger partial charge in [0, 0.05) is 12.1 Å². The third-order valence-electron chi connectivity index (χ3n) is 5.30. The highest BCUT2D eigenvalue weighted by Crippen LogP contribution is 2.27. The predicted molar refractivity (Wildman–Crippen MR) is 117 cm³/mol. The van der Waals surface area contributed by atoms with Gasteiger partial charge in [0.1, 0.15) is 0 Å². The molecule has 0 aromatic heterocycles. The van der Waals surface area contributed by atoms with Gasteiger partial charge < -0.3 is 10.2 Å². The van der Waals surface area contributed by atoms with Crippen LogP contribution in [0.2, 0.25) is 0 Å². The van der Waals surface area contributed by atoms with E-state index in [1.54, 1.807) is 0 Å². The van der Waals surface area contributed by atoms with E-state index >= 15 is 0 Å². The Hall–Kier alpha value is -3.17. The lowest BCUT2D eigenvalue weighted by molar-refractivity contribution is 0.0943. The van der Waals surface area contributed by atoms with Crippen LogP contribution in [0.1, 0.15) is 22.0 Å². The van der Waals surface area contributed by atoms with E-state index in [9.17, 15) is 4.79 Å². The van der Waals surface area contributed by atoms with E-state index in [0.717, 1.165) is 10.8 Å². The number of benzene rings is 4. The van der Waals surface area contributed by atoms with E-state index in [0.29, 0.717) is 12.1 Å². The number of rotatable bonds is 5. The van der Waals surface area contributed by atoms with E-state index in [1.807, 2.05) is 42.5 Å². The van der Waals surface area contributed by atoms with Crippen LogP contribution in [0.5, 0.6) is 0 Å². The first kappa shape index (κ1) is 18.2. The van der Waals surface area contributed by atoms with Gasteiger partial charge in [0.2, 0.25) is 0 Å². The van der Waals surface area contributed by atoms with E-state index in [-0.39, 0.29) is 11.9 Å². The molecule has 0 saturated carbocycles.